The predicted molar refractivity (Wildman–Crippen MR) is 59.3 cm³/mol. The predicted octanol–water partition coefficient (Wildman–Crippen LogP) is 3.81. The summed E-state index contributed by atoms with van der Waals surface area (Å²) >= 11 is 0. The fourth-order valence-corrected chi connectivity index (χ4v) is 2.24. The average Bonchev–Trinajstić information content (AvgIpc) is 2.28. The summed E-state index contributed by atoms with van der Waals surface area (Å²) in [6.07, 6.45) is -2.24. The third kappa shape index (κ3) is 3.48. The number of halogens is 3. The highest BCUT2D eigenvalue weighted by molar-refractivity contribution is 5.79. The zero-order chi connectivity index (χ0) is 13.2. The minimum absolute atomic E-state index is 0.152. The van der Waals surface area contributed by atoms with Gasteiger partial charge >= 0.3 is 6.36 Å². The second-order valence-corrected chi connectivity index (χ2v) is 4.43. The molecule has 0 saturated heterocycles. The van der Waals surface area contributed by atoms with E-state index in [1.807, 2.05) is 0 Å². The van der Waals surface area contributed by atoms with Crippen LogP contribution in [-0.2, 0) is 4.79 Å². The lowest BCUT2D eigenvalue weighted by molar-refractivity contribution is -0.274. The van der Waals surface area contributed by atoms with Crippen LogP contribution in [0.3, 0.4) is 0 Å². The van der Waals surface area contributed by atoms with Crippen molar-refractivity contribution in [3.8, 4) is 5.75 Å². The van der Waals surface area contributed by atoms with Crippen molar-refractivity contribution in [1.29, 1.82) is 0 Å². The maximum absolute atomic E-state index is 12.1. The largest absolute Gasteiger partial charge is 0.573 e. The first-order valence-electron chi connectivity index (χ1n) is 5.81. The Labute approximate surface area is 103 Å². The van der Waals surface area contributed by atoms with E-state index in [2.05, 4.69) is 4.74 Å². The quantitative estimate of drug-likeness (QED) is 0.806. The van der Waals surface area contributed by atoms with Crippen molar-refractivity contribution >= 4 is 5.78 Å². The number of hydrogen-bond acceptors (Lipinski definition) is 2. The summed E-state index contributed by atoms with van der Waals surface area (Å²) in [5.74, 6) is 0.185. The van der Waals surface area contributed by atoms with Gasteiger partial charge in [-0.25, -0.2) is 0 Å². The van der Waals surface area contributed by atoms with E-state index in [0.29, 0.717) is 25.7 Å². The van der Waals surface area contributed by atoms with Crippen LogP contribution in [0.25, 0.3) is 0 Å². The number of carbonyl (C=O) groups excluding carboxylic acids is 1. The van der Waals surface area contributed by atoms with Crippen molar-refractivity contribution in [3.05, 3.63) is 29.8 Å². The van der Waals surface area contributed by atoms with Crippen LogP contribution in [0.2, 0.25) is 0 Å². The van der Waals surface area contributed by atoms with Gasteiger partial charge in [-0.15, -0.1) is 13.2 Å². The molecule has 0 heterocycles. The summed E-state index contributed by atoms with van der Waals surface area (Å²) in [4.78, 5) is 11.1. The summed E-state index contributed by atoms with van der Waals surface area (Å²) in [6.45, 7) is 0. The Morgan fingerprint density at radius 2 is 1.83 bits per heavy atom. The van der Waals surface area contributed by atoms with Crippen molar-refractivity contribution in [1.82, 2.24) is 0 Å². The van der Waals surface area contributed by atoms with Crippen LogP contribution in [0.1, 0.15) is 37.2 Å². The van der Waals surface area contributed by atoms with Gasteiger partial charge in [-0.05, 0) is 36.5 Å². The lowest BCUT2D eigenvalue weighted by Gasteiger charge is -2.21. The Morgan fingerprint density at radius 3 is 2.44 bits per heavy atom. The van der Waals surface area contributed by atoms with Crippen LogP contribution in [0, 0.1) is 0 Å². The molecule has 0 aromatic heterocycles. The van der Waals surface area contributed by atoms with E-state index in [1.54, 1.807) is 12.1 Å². The van der Waals surface area contributed by atoms with Gasteiger partial charge in [0, 0.05) is 12.8 Å². The van der Waals surface area contributed by atoms with Gasteiger partial charge in [0.1, 0.15) is 11.5 Å². The first-order chi connectivity index (χ1) is 8.44. The summed E-state index contributed by atoms with van der Waals surface area (Å²) in [5, 5.41) is 0. The maximum atomic E-state index is 12.1. The van der Waals surface area contributed by atoms with E-state index in [0.717, 1.165) is 5.56 Å². The van der Waals surface area contributed by atoms with Crippen molar-refractivity contribution in [2.75, 3.05) is 0 Å². The Hall–Kier alpha value is -1.52. The van der Waals surface area contributed by atoms with E-state index in [9.17, 15) is 18.0 Å². The van der Waals surface area contributed by atoms with Crippen molar-refractivity contribution < 1.29 is 22.7 Å². The molecule has 1 aliphatic carbocycles. The molecule has 1 fully saturated rings. The first-order valence-corrected chi connectivity index (χ1v) is 5.81. The molecule has 98 valence electrons. The standard InChI is InChI=1S/C13H13F3O2/c14-13(15,16)18-12-3-1-2-10(8-12)9-4-6-11(17)7-5-9/h1-3,8-9H,4-7H2. The fourth-order valence-electron chi connectivity index (χ4n) is 2.24. The molecule has 2 nitrogen and oxygen atoms in total. The number of ether oxygens (including phenoxy) is 1. The minimum Gasteiger partial charge on any atom is -0.406 e. The average molecular weight is 258 g/mol. The van der Waals surface area contributed by atoms with E-state index >= 15 is 0 Å². The Balaban J connectivity index is 2.09. The van der Waals surface area contributed by atoms with Crippen molar-refractivity contribution in [3.63, 3.8) is 0 Å². The molecule has 0 N–H and O–H groups in total. The van der Waals surface area contributed by atoms with Crippen LogP contribution in [-0.4, -0.2) is 12.1 Å². The van der Waals surface area contributed by atoms with Crippen molar-refractivity contribution in [2.24, 2.45) is 0 Å². The molecule has 18 heavy (non-hydrogen) atoms. The highest BCUT2D eigenvalue weighted by Crippen LogP contribution is 2.33. The van der Waals surface area contributed by atoms with Gasteiger partial charge in [-0.3, -0.25) is 4.79 Å². The van der Waals surface area contributed by atoms with Crippen LogP contribution < -0.4 is 4.74 Å². The lowest BCUT2D eigenvalue weighted by atomic mass is 9.83. The number of benzene rings is 1. The molecule has 2 rings (SSSR count). The summed E-state index contributed by atoms with van der Waals surface area (Å²) in [6, 6.07) is 6.02. The summed E-state index contributed by atoms with van der Waals surface area (Å²) in [5.41, 5.74) is 0.809. The molecule has 5 heteroatoms. The number of carbonyl (C=O) groups is 1. The van der Waals surface area contributed by atoms with Crippen LogP contribution >= 0.6 is 0 Å². The maximum Gasteiger partial charge on any atom is 0.573 e. The third-order valence-corrected chi connectivity index (χ3v) is 3.11. The molecule has 0 radical (unpaired) electrons. The van der Waals surface area contributed by atoms with Gasteiger partial charge in [-0.1, -0.05) is 12.1 Å². The van der Waals surface area contributed by atoms with Crippen molar-refractivity contribution in [2.45, 2.75) is 38.0 Å². The molecule has 0 amide bonds. The molecule has 0 bridgehead atoms. The minimum atomic E-state index is -4.67. The van der Waals surface area contributed by atoms with Gasteiger partial charge in [0.25, 0.3) is 0 Å². The molecular weight excluding hydrogens is 245 g/mol. The molecule has 1 aromatic carbocycles. The van der Waals surface area contributed by atoms with Crippen LogP contribution in [0.4, 0.5) is 13.2 Å². The molecule has 1 saturated carbocycles. The third-order valence-electron chi connectivity index (χ3n) is 3.11. The molecule has 0 unspecified atom stereocenters. The monoisotopic (exact) mass is 258 g/mol. The number of rotatable bonds is 2. The Bertz CT molecular complexity index is 430. The number of ketones is 1. The highest BCUT2D eigenvalue weighted by Gasteiger charge is 2.31. The van der Waals surface area contributed by atoms with Gasteiger partial charge < -0.3 is 4.74 Å². The number of hydrogen-bond donors (Lipinski definition) is 0. The lowest BCUT2D eigenvalue weighted by Crippen LogP contribution is -2.17. The molecule has 0 atom stereocenters. The van der Waals surface area contributed by atoms with Crippen LogP contribution in [0.5, 0.6) is 5.75 Å². The smallest absolute Gasteiger partial charge is 0.406 e. The van der Waals surface area contributed by atoms with E-state index < -0.39 is 6.36 Å². The van der Waals surface area contributed by atoms with E-state index in [-0.39, 0.29) is 17.5 Å². The van der Waals surface area contributed by atoms with Gasteiger partial charge in [0.2, 0.25) is 0 Å². The van der Waals surface area contributed by atoms with Gasteiger partial charge in [0.05, 0.1) is 0 Å². The topological polar surface area (TPSA) is 26.3 Å². The van der Waals surface area contributed by atoms with Crippen LogP contribution in [0.15, 0.2) is 24.3 Å². The Morgan fingerprint density at radius 1 is 1.17 bits per heavy atom. The normalized spacial score (nSPS) is 17.8. The SMILES string of the molecule is O=C1CCC(c2cccc(OC(F)(F)F)c2)CC1. The second-order valence-electron chi connectivity index (χ2n) is 4.43. The zero-order valence-electron chi connectivity index (χ0n) is 9.67. The molecule has 1 aliphatic rings. The fraction of sp³-hybridized carbons (Fsp3) is 0.462. The summed E-state index contributed by atoms with van der Waals surface area (Å²) in [7, 11) is 0. The molecule has 1 aromatic rings. The molecule has 0 aliphatic heterocycles. The molecular formula is C13H13F3O2. The number of alkyl halides is 3. The van der Waals surface area contributed by atoms with Gasteiger partial charge in [-0.2, -0.15) is 0 Å². The second kappa shape index (κ2) is 5.00. The zero-order valence-corrected chi connectivity index (χ0v) is 9.67. The summed E-state index contributed by atoms with van der Waals surface area (Å²) < 4.78 is 40.2. The first kappa shape index (κ1) is 12.9. The van der Waals surface area contributed by atoms with E-state index in [4.69, 9.17) is 0 Å². The Kier molecular flexibility index (Phi) is 3.59. The highest BCUT2D eigenvalue weighted by atomic mass is 19.4. The molecule has 0 spiro atoms. The van der Waals surface area contributed by atoms with Gasteiger partial charge in [0.15, 0.2) is 0 Å². The number of Topliss-reactive ketones (excluding diaryl/α,β-unsaturated/α-hetero) is 1. The van der Waals surface area contributed by atoms with E-state index in [1.165, 1.54) is 12.1 Å².